The van der Waals surface area contributed by atoms with Crippen molar-refractivity contribution in [3.63, 3.8) is 0 Å². The standard InChI is InChI=1S/C24H26N2O3S2/c1-30-15-13-23(24(27)26-14-12-19-7-3-5-9-21(19)17-26)25-31(28,29)22-11-10-18-6-2-4-8-20(18)16-22/h2-11,16,23,25H,12-15,17H2,1H3/t23-/m1/s1. The summed E-state index contributed by atoms with van der Waals surface area (Å²) in [5.41, 5.74) is 2.38. The summed E-state index contributed by atoms with van der Waals surface area (Å²) in [4.78, 5) is 15.3. The van der Waals surface area contributed by atoms with Gasteiger partial charge in [-0.1, -0.05) is 54.6 Å². The Morgan fingerprint density at radius 1 is 1.03 bits per heavy atom. The lowest BCUT2D eigenvalue weighted by Crippen LogP contribution is -2.50. The van der Waals surface area contributed by atoms with E-state index in [4.69, 9.17) is 0 Å². The molecule has 0 saturated carbocycles. The van der Waals surface area contributed by atoms with Crippen molar-refractivity contribution in [2.24, 2.45) is 0 Å². The van der Waals surface area contributed by atoms with E-state index < -0.39 is 16.1 Å². The van der Waals surface area contributed by atoms with Crippen molar-refractivity contribution in [3.8, 4) is 0 Å². The topological polar surface area (TPSA) is 66.5 Å². The van der Waals surface area contributed by atoms with Crippen molar-refractivity contribution < 1.29 is 13.2 Å². The molecule has 0 bridgehead atoms. The molecule has 1 atom stereocenters. The normalized spacial score (nSPS) is 14.9. The van der Waals surface area contributed by atoms with Crippen LogP contribution in [0.2, 0.25) is 0 Å². The van der Waals surface area contributed by atoms with Crippen molar-refractivity contribution in [3.05, 3.63) is 77.9 Å². The molecule has 0 aliphatic carbocycles. The molecule has 1 amide bonds. The van der Waals surface area contributed by atoms with Gasteiger partial charge in [-0.25, -0.2) is 8.42 Å². The van der Waals surface area contributed by atoms with Crippen LogP contribution < -0.4 is 4.72 Å². The number of sulfonamides is 1. The Labute approximate surface area is 187 Å². The number of hydrogen-bond donors (Lipinski definition) is 1. The molecule has 0 radical (unpaired) electrons. The number of nitrogens with zero attached hydrogens (tertiary/aromatic N) is 1. The van der Waals surface area contributed by atoms with E-state index in [2.05, 4.69) is 10.8 Å². The molecule has 1 aliphatic rings. The minimum atomic E-state index is -3.83. The molecule has 1 N–H and O–H groups in total. The highest BCUT2D eigenvalue weighted by atomic mass is 32.2. The molecule has 31 heavy (non-hydrogen) atoms. The molecule has 4 rings (SSSR count). The van der Waals surface area contributed by atoms with Crippen LogP contribution in [0.1, 0.15) is 17.5 Å². The van der Waals surface area contributed by atoms with E-state index in [-0.39, 0.29) is 10.8 Å². The molecule has 162 valence electrons. The molecule has 0 fully saturated rings. The summed E-state index contributed by atoms with van der Waals surface area (Å²) in [6.07, 6.45) is 3.19. The van der Waals surface area contributed by atoms with Gasteiger partial charge in [0.05, 0.1) is 4.90 Å². The average molecular weight is 455 g/mol. The number of carbonyl (C=O) groups is 1. The fourth-order valence-corrected chi connectivity index (χ4v) is 5.69. The Bertz CT molecular complexity index is 1190. The van der Waals surface area contributed by atoms with Gasteiger partial charge in [0.15, 0.2) is 0 Å². The minimum Gasteiger partial charge on any atom is -0.337 e. The van der Waals surface area contributed by atoms with Crippen LogP contribution in [0.3, 0.4) is 0 Å². The van der Waals surface area contributed by atoms with Crippen LogP contribution in [0.4, 0.5) is 0 Å². The molecule has 0 spiro atoms. The molecule has 3 aromatic carbocycles. The van der Waals surface area contributed by atoms with E-state index in [0.29, 0.717) is 25.3 Å². The van der Waals surface area contributed by atoms with Crippen LogP contribution in [-0.4, -0.2) is 43.8 Å². The highest BCUT2D eigenvalue weighted by Gasteiger charge is 2.30. The molecule has 5 nitrogen and oxygen atoms in total. The van der Waals surface area contributed by atoms with Crippen LogP contribution in [0.25, 0.3) is 10.8 Å². The molecule has 0 aromatic heterocycles. The first-order chi connectivity index (χ1) is 15.0. The first-order valence-corrected chi connectivity index (χ1v) is 13.2. The van der Waals surface area contributed by atoms with Gasteiger partial charge < -0.3 is 4.90 Å². The second-order valence-electron chi connectivity index (χ2n) is 7.74. The first kappa shape index (κ1) is 21.9. The summed E-state index contributed by atoms with van der Waals surface area (Å²) in [5, 5.41) is 1.83. The Morgan fingerprint density at radius 2 is 1.74 bits per heavy atom. The molecular formula is C24H26N2O3S2. The third-order valence-corrected chi connectivity index (χ3v) is 7.79. The largest absolute Gasteiger partial charge is 0.337 e. The van der Waals surface area contributed by atoms with Gasteiger partial charge in [-0.2, -0.15) is 16.5 Å². The average Bonchev–Trinajstić information content (AvgIpc) is 2.80. The van der Waals surface area contributed by atoms with E-state index in [1.807, 2.05) is 48.7 Å². The third kappa shape index (κ3) is 4.95. The van der Waals surface area contributed by atoms with Crippen LogP contribution >= 0.6 is 11.8 Å². The number of thioether (sulfide) groups is 1. The lowest BCUT2D eigenvalue weighted by molar-refractivity contribution is -0.134. The number of carbonyl (C=O) groups excluding carboxylic acids is 1. The van der Waals surface area contributed by atoms with E-state index >= 15 is 0 Å². The maximum absolute atomic E-state index is 13.3. The van der Waals surface area contributed by atoms with Gasteiger partial charge in [-0.3, -0.25) is 4.79 Å². The Kier molecular flexibility index (Phi) is 6.65. The number of fused-ring (bicyclic) bond motifs is 2. The second-order valence-corrected chi connectivity index (χ2v) is 10.4. The van der Waals surface area contributed by atoms with Crippen molar-refractivity contribution in [2.75, 3.05) is 18.6 Å². The smallest absolute Gasteiger partial charge is 0.241 e. The lowest BCUT2D eigenvalue weighted by atomic mass is 9.99. The summed E-state index contributed by atoms with van der Waals surface area (Å²) in [6, 6.07) is 20.0. The Balaban J connectivity index is 1.56. The predicted octanol–water partition coefficient (Wildman–Crippen LogP) is 3.82. The summed E-state index contributed by atoms with van der Waals surface area (Å²) < 4.78 is 29.0. The van der Waals surface area contributed by atoms with Crippen molar-refractivity contribution in [2.45, 2.75) is 30.3 Å². The summed E-state index contributed by atoms with van der Waals surface area (Å²) in [5.74, 6) is 0.536. The fourth-order valence-electron chi connectivity index (χ4n) is 3.96. The van der Waals surface area contributed by atoms with E-state index in [1.54, 1.807) is 34.9 Å². The van der Waals surface area contributed by atoms with Gasteiger partial charge in [0.2, 0.25) is 15.9 Å². The Morgan fingerprint density at radius 3 is 2.52 bits per heavy atom. The van der Waals surface area contributed by atoms with Crippen LogP contribution in [0.5, 0.6) is 0 Å². The molecule has 0 unspecified atom stereocenters. The monoisotopic (exact) mass is 454 g/mol. The van der Waals surface area contributed by atoms with Gasteiger partial charge in [0.1, 0.15) is 6.04 Å². The quantitative estimate of drug-likeness (QED) is 0.589. The molecule has 0 saturated heterocycles. The lowest BCUT2D eigenvalue weighted by Gasteiger charge is -2.32. The summed E-state index contributed by atoms with van der Waals surface area (Å²) in [7, 11) is -3.83. The first-order valence-electron chi connectivity index (χ1n) is 10.3. The van der Waals surface area contributed by atoms with Gasteiger partial charge in [-0.15, -0.1) is 0 Å². The highest BCUT2D eigenvalue weighted by Crippen LogP contribution is 2.22. The maximum atomic E-state index is 13.3. The second kappa shape index (κ2) is 9.42. The molecule has 1 heterocycles. The SMILES string of the molecule is CSCC[C@@H](NS(=O)(=O)c1ccc2ccccc2c1)C(=O)N1CCc2ccccc2C1. The van der Waals surface area contributed by atoms with Crippen LogP contribution in [0.15, 0.2) is 71.6 Å². The van der Waals surface area contributed by atoms with Crippen molar-refractivity contribution >= 4 is 38.5 Å². The molecule has 7 heteroatoms. The van der Waals surface area contributed by atoms with Gasteiger partial charge in [-0.05, 0) is 58.9 Å². The van der Waals surface area contributed by atoms with E-state index in [9.17, 15) is 13.2 Å². The van der Waals surface area contributed by atoms with Crippen LogP contribution in [0, 0.1) is 0 Å². The number of benzene rings is 3. The summed E-state index contributed by atoms with van der Waals surface area (Å²) >= 11 is 1.60. The van der Waals surface area contributed by atoms with E-state index in [0.717, 1.165) is 22.8 Å². The Hall–Kier alpha value is -2.35. The molecule has 3 aromatic rings. The number of hydrogen-bond acceptors (Lipinski definition) is 4. The maximum Gasteiger partial charge on any atom is 0.241 e. The highest BCUT2D eigenvalue weighted by molar-refractivity contribution is 7.98. The number of nitrogens with one attached hydrogen (secondary N) is 1. The molecular weight excluding hydrogens is 428 g/mol. The minimum absolute atomic E-state index is 0.159. The van der Waals surface area contributed by atoms with Crippen molar-refractivity contribution in [1.29, 1.82) is 0 Å². The van der Waals surface area contributed by atoms with Gasteiger partial charge in [0.25, 0.3) is 0 Å². The fraction of sp³-hybridized carbons (Fsp3) is 0.292. The van der Waals surface area contributed by atoms with Gasteiger partial charge in [0, 0.05) is 13.1 Å². The zero-order valence-electron chi connectivity index (χ0n) is 17.5. The van der Waals surface area contributed by atoms with Crippen LogP contribution in [-0.2, 0) is 27.8 Å². The van der Waals surface area contributed by atoms with E-state index in [1.165, 1.54) is 5.56 Å². The summed E-state index contributed by atoms with van der Waals surface area (Å²) in [6.45, 7) is 1.12. The van der Waals surface area contributed by atoms with Gasteiger partial charge >= 0.3 is 0 Å². The zero-order valence-corrected chi connectivity index (χ0v) is 19.1. The molecule has 1 aliphatic heterocycles. The third-order valence-electron chi connectivity index (χ3n) is 5.68. The number of rotatable bonds is 7. The zero-order chi connectivity index (χ0) is 21.8. The predicted molar refractivity (Wildman–Crippen MR) is 127 cm³/mol. The van der Waals surface area contributed by atoms with Crippen molar-refractivity contribution in [1.82, 2.24) is 9.62 Å². The number of amides is 1.